The van der Waals surface area contributed by atoms with Crippen molar-refractivity contribution in [2.75, 3.05) is 18.6 Å². The Morgan fingerprint density at radius 3 is 2.89 bits per heavy atom. The SMILES string of the molecule is CCN(C=O)c1cnc2ccc(Br)cc2c1OC. The summed E-state index contributed by atoms with van der Waals surface area (Å²) < 4.78 is 6.38. The maximum Gasteiger partial charge on any atom is 0.214 e. The quantitative estimate of drug-likeness (QED) is 0.815. The van der Waals surface area contributed by atoms with E-state index in [2.05, 4.69) is 20.9 Å². The van der Waals surface area contributed by atoms with Crippen LogP contribution in [0.5, 0.6) is 5.75 Å². The average molecular weight is 309 g/mol. The minimum absolute atomic E-state index is 0.570. The Labute approximate surface area is 114 Å². The van der Waals surface area contributed by atoms with E-state index < -0.39 is 0 Å². The molecule has 0 radical (unpaired) electrons. The van der Waals surface area contributed by atoms with Crippen LogP contribution in [0.25, 0.3) is 10.9 Å². The summed E-state index contributed by atoms with van der Waals surface area (Å²) in [6, 6.07) is 5.76. The third-order valence-corrected chi connectivity index (χ3v) is 3.24. The standard InChI is InChI=1S/C13H13BrN2O2/c1-3-16(8-17)12-7-15-11-5-4-9(14)6-10(11)13(12)18-2/h4-8H,3H2,1-2H3. The molecule has 5 heteroatoms. The van der Waals surface area contributed by atoms with E-state index in [1.54, 1.807) is 18.2 Å². The molecule has 2 aromatic rings. The van der Waals surface area contributed by atoms with Crippen molar-refractivity contribution in [3.63, 3.8) is 0 Å². The number of nitrogens with zero attached hydrogens (tertiary/aromatic N) is 2. The number of methoxy groups -OCH3 is 1. The topological polar surface area (TPSA) is 42.4 Å². The van der Waals surface area contributed by atoms with E-state index in [1.165, 1.54) is 0 Å². The molecule has 1 aromatic carbocycles. The van der Waals surface area contributed by atoms with Crippen molar-refractivity contribution >= 4 is 38.9 Å². The molecular formula is C13H13BrN2O2. The van der Waals surface area contributed by atoms with E-state index >= 15 is 0 Å². The van der Waals surface area contributed by atoms with Gasteiger partial charge in [0.2, 0.25) is 6.41 Å². The molecule has 4 nitrogen and oxygen atoms in total. The van der Waals surface area contributed by atoms with Crippen molar-refractivity contribution in [3.8, 4) is 5.75 Å². The van der Waals surface area contributed by atoms with Gasteiger partial charge in [0.1, 0.15) is 5.69 Å². The molecule has 0 saturated heterocycles. The Morgan fingerprint density at radius 2 is 2.28 bits per heavy atom. The van der Waals surface area contributed by atoms with E-state index in [0.29, 0.717) is 18.0 Å². The zero-order valence-electron chi connectivity index (χ0n) is 10.2. The lowest BCUT2D eigenvalue weighted by Gasteiger charge is -2.19. The van der Waals surface area contributed by atoms with Crippen molar-refractivity contribution in [1.29, 1.82) is 0 Å². The number of halogens is 1. The molecule has 0 unspecified atom stereocenters. The molecule has 0 spiro atoms. The first kappa shape index (κ1) is 12.8. The van der Waals surface area contributed by atoms with Gasteiger partial charge in [-0.25, -0.2) is 0 Å². The summed E-state index contributed by atoms with van der Waals surface area (Å²) in [4.78, 5) is 16.9. The number of benzene rings is 1. The van der Waals surface area contributed by atoms with Crippen molar-refractivity contribution < 1.29 is 9.53 Å². The Balaban J connectivity index is 2.72. The fourth-order valence-corrected chi connectivity index (χ4v) is 2.21. The van der Waals surface area contributed by atoms with Crippen LogP contribution in [0.15, 0.2) is 28.9 Å². The highest BCUT2D eigenvalue weighted by Gasteiger charge is 2.14. The first-order chi connectivity index (χ1) is 8.71. The first-order valence-corrected chi connectivity index (χ1v) is 6.34. The molecule has 0 aliphatic carbocycles. The van der Waals surface area contributed by atoms with Crippen LogP contribution in [0.3, 0.4) is 0 Å². The van der Waals surface area contributed by atoms with Gasteiger partial charge in [-0.2, -0.15) is 0 Å². The molecule has 1 heterocycles. The lowest BCUT2D eigenvalue weighted by molar-refractivity contribution is -0.107. The number of carbonyl (C=O) groups excluding carboxylic acids is 1. The van der Waals surface area contributed by atoms with Gasteiger partial charge in [0.05, 0.1) is 18.8 Å². The fourth-order valence-electron chi connectivity index (χ4n) is 1.85. The van der Waals surface area contributed by atoms with E-state index in [-0.39, 0.29) is 0 Å². The van der Waals surface area contributed by atoms with Gasteiger partial charge in [-0.15, -0.1) is 0 Å². The molecule has 94 valence electrons. The fraction of sp³-hybridized carbons (Fsp3) is 0.231. The Hall–Kier alpha value is -1.62. The summed E-state index contributed by atoms with van der Waals surface area (Å²) in [5.41, 5.74) is 1.52. The molecule has 0 saturated carbocycles. The van der Waals surface area contributed by atoms with Crippen LogP contribution in [-0.4, -0.2) is 25.0 Å². The van der Waals surface area contributed by atoms with Gasteiger partial charge in [0.25, 0.3) is 0 Å². The van der Waals surface area contributed by atoms with Gasteiger partial charge in [-0.3, -0.25) is 9.78 Å². The van der Waals surface area contributed by atoms with Gasteiger partial charge in [-0.05, 0) is 25.1 Å². The van der Waals surface area contributed by atoms with Crippen LogP contribution in [0, 0.1) is 0 Å². The minimum atomic E-state index is 0.570. The van der Waals surface area contributed by atoms with E-state index in [1.807, 2.05) is 25.1 Å². The number of hydrogen-bond donors (Lipinski definition) is 0. The Kier molecular flexibility index (Phi) is 3.81. The zero-order valence-corrected chi connectivity index (χ0v) is 11.8. The Bertz CT molecular complexity index is 586. The van der Waals surface area contributed by atoms with Crippen LogP contribution in [0.1, 0.15) is 6.92 Å². The predicted molar refractivity (Wildman–Crippen MR) is 75.1 cm³/mol. The maximum atomic E-state index is 11.0. The van der Waals surface area contributed by atoms with Gasteiger partial charge in [-0.1, -0.05) is 15.9 Å². The lowest BCUT2D eigenvalue weighted by atomic mass is 10.2. The van der Waals surface area contributed by atoms with E-state index in [0.717, 1.165) is 21.8 Å². The van der Waals surface area contributed by atoms with Crippen molar-refractivity contribution in [1.82, 2.24) is 4.98 Å². The zero-order chi connectivity index (χ0) is 13.1. The second-order valence-electron chi connectivity index (χ2n) is 3.73. The molecule has 1 aromatic heterocycles. The lowest BCUT2D eigenvalue weighted by Crippen LogP contribution is -2.21. The summed E-state index contributed by atoms with van der Waals surface area (Å²) in [5.74, 6) is 0.662. The monoisotopic (exact) mass is 308 g/mol. The number of ether oxygens (including phenoxy) is 1. The summed E-state index contributed by atoms with van der Waals surface area (Å²) >= 11 is 3.43. The predicted octanol–water partition coefficient (Wildman–Crippen LogP) is 2.99. The molecule has 0 aliphatic heterocycles. The molecule has 0 N–H and O–H groups in total. The van der Waals surface area contributed by atoms with Gasteiger partial charge < -0.3 is 9.64 Å². The average Bonchev–Trinajstić information content (AvgIpc) is 2.39. The van der Waals surface area contributed by atoms with Crippen LogP contribution in [-0.2, 0) is 4.79 Å². The van der Waals surface area contributed by atoms with Gasteiger partial charge in [0.15, 0.2) is 5.75 Å². The van der Waals surface area contributed by atoms with Crippen molar-refractivity contribution in [2.45, 2.75) is 6.92 Å². The third kappa shape index (κ3) is 2.18. The number of hydrogen-bond acceptors (Lipinski definition) is 3. The van der Waals surface area contributed by atoms with Crippen molar-refractivity contribution in [2.24, 2.45) is 0 Å². The number of anilines is 1. The number of pyridine rings is 1. The maximum absolute atomic E-state index is 11.0. The van der Waals surface area contributed by atoms with Gasteiger partial charge >= 0.3 is 0 Å². The number of carbonyl (C=O) groups is 1. The second-order valence-corrected chi connectivity index (χ2v) is 4.65. The third-order valence-electron chi connectivity index (χ3n) is 2.74. The van der Waals surface area contributed by atoms with Crippen LogP contribution < -0.4 is 9.64 Å². The van der Waals surface area contributed by atoms with Crippen LogP contribution in [0.2, 0.25) is 0 Å². The molecule has 0 fully saturated rings. The van der Waals surface area contributed by atoms with Crippen LogP contribution in [0.4, 0.5) is 5.69 Å². The summed E-state index contributed by atoms with van der Waals surface area (Å²) in [5, 5.41) is 0.879. The van der Waals surface area contributed by atoms with E-state index in [9.17, 15) is 4.79 Å². The van der Waals surface area contributed by atoms with Crippen LogP contribution >= 0.6 is 15.9 Å². The second kappa shape index (κ2) is 5.35. The molecule has 0 bridgehead atoms. The molecular weight excluding hydrogens is 296 g/mol. The van der Waals surface area contributed by atoms with Crippen molar-refractivity contribution in [3.05, 3.63) is 28.9 Å². The number of amides is 1. The molecule has 18 heavy (non-hydrogen) atoms. The number of aromatic nitrogens is 1. The smallest absolute Gasteiger partial charge is 0.214 e. The first-order valence-electron chi connectivity index (χ1n) is 5.55. The molecule has 2 rings (SSSR count). The minimum Gasteiger partial charge on any atom is -0.494 e. The normalized spacial score (nSPS) is 10.4. The highest BCUT2D eigenvalue weighted by atomic mass is 79.9. The largest absolute Gasteiger partial charge is 0.494 e. The summed E-state index contributed by atoms with van der Waals surface area (Å²) in [7, 11) is 1.60. The van der Waals surface area contributed by atoms with E-state index in [4.69, 9.17) is 4.74 Å². The summed E-state index contributed by atoms with van der Waals surface area (Å²) in [6.45, 7) is 2.47. The number of fused-ring (bicyclic) bond motifs is 1. The number of rotatable bonds is 4. The highest BCUT2D eigenvalue weighted by molar-refractivity contribution is 9.10. The highest BCUT2D eigenvalue weighted by Crippen LogP contribution is 2.35. The Morgan fingerprint density at radius 1 is 1.50 bits per heavy atom. The molecule has 0 aliphatic rings. The molecule has 1 amide bonds. The van der Waals surface area contributed by atoms with Gasteiger partial charge in [0, 0.05) is 16.4 Å². The summed E-state index contributed by atoms with van der Waals surface area (Å²) in [6.07, 6.45) is 2.44. The molecule has 0 atom stereocenters.